The summed E-state index contributed by atoms with van der Waals surface area (Å²) in [6, 6.07) is 14.4. The van der Waals surface area contributed by atoms with Crippen LogP contribution in [0.3, 0.4) is 0 Å². The number of ether oxygens (including phenoxy) is 2. The molecule has 1 fully saturated rings. The normalized spacial score (nSPS) is 14.0. The van der Waals surface area contributed by atoms with Gasteiger partial charge in [-0.3, -0.25) is 14.5 Å². The minimum Gasteiger partial charge on any atom is -0.484 e. The molecule has 2 amide bonds. The molecule has 0 radical (unpaired) electrons. The Kier molecular flexibility index (Phi) is 8.26. The molecule has 31 heavy (non-hydrogen) atoms. The first kappa shape index (κ1) is 22.6. The number of rotatable bonds is 9. The molecule has 2 aromatic carbocycles. The Morgan fingerprint density at radius 2 is 1.84 bits per heavy atom. The molecule has 3 rings (SSSR count). The molecular weight excluding hydrogens is 396 g/mol. The van der Waals surface area contributed by atoms with Crippen LogP contribution >= 0.6 is 0 Å². The summed E-state index contributed by atoms with van der Waals surface area (Å²) < 4.78 is 10.8. The standard InChI is InChI=1S/C23H30N4O4/c1-26(2)21-9-8-18(25-22(28)17-31-19-6-4-3-5-7-19)16-20(21)23(29)24-10-11-27-12-14-30-15-13-27/h3-9,16H,10-15,17H2,1-2H3,(H,24,29)(H,25,28). The molecule has 0 bridgehead atoms. The van der Waals surface area contributed by atoms with Gasteiger partial charge in [-0.05, 0) is 30.3 Å². The topological polar surface area (TPSA) is 83.1 Å². The molecular formula is C23H30N4O4. The summed E-state index contributed by atoms with van der Waals surface area (Å²) in [7, 11) is 3.76. The molecule has 2 aromatic rings. The maximum absolute atomic E-state index is 12.8. The van der Waals surface area contributed by atoms with Crippen LogP contribution in [-0.4, -0.2) is 76.8 Å². The molecule has 0 aromatic heterocycles. The van der Waals surface area contributed by atoms with E-state index in [0.717, 1.165) is 38.5 Å². The van der Waals surface area contributed by atoms with Crippen LogP contribution in [0.1, 0.15) is 10.4 Å². The van der Waals surface area contributed by atoms with Gasteiger partial charge < -0.3 is 25.0 Å². The number of benzene rings is 2. The van der Waals surface area contributed by atoms with Crippen LogP contribution < -0.4 is 20.3 Å². The van der Waals surface area contributed by atoms with E-state index < -0.39 is 0 Å². The van der Waals surface area contributed by atoms with E-state index in [1.807, 2.05) is 43.3 Å². The lowest BCUT2D eigenvalue weighted by atomic mass is 10.1. The quantitative estimate of drug-likeness (QED) is 0.637. The molecule has 8 nitrogen and oxygen atoms in total. The predicted octanol–water partition coefficient (Wildman–Crippen LogP) is 1.83. The highest BCUT2D eigenvalue weighted by atomic mass is 16.5. The number of nitrogens with zero attached hydrogens (tertiary/aromatic N) is 2. The summed E-state index contributed by atoms with van der Waals surface area (Å²) in [5.74, 6) is 0.162. The van der Waals surface area contributed by atoms with Crippen LogP contribution in [0.25, 0.3) is 0 Å². The summed E-state index contributed by atoms with van der Waals surface area (Å²) >= 11 is 0. The van der Waals surface area contributed by atoms with Crippen LogP contribution in [0.5, 0.6) is 5.75 Å². The van der Waals surface area contributed by atoms with Crippen molar-refractivity contribution in [3.63, 3.8) is 0 Å². The summed E-state index contributed by atoms with van der Waals surface area (Å²) in [6.45, 7) is 4.44. The van der Waals surface area contributed by atoms with Crippen molar-refractivity contribution in [2.75, 3.05) is 70.3 Å². The maximum Gasteiger partial charge on any atom is 0.262 e. The second-order valence-corrected chi connectivity index (χ2v) is 7.49. The molecule has 166 valence electrons. The first-order valence-electron chi connectivity index (χ1n) is 10.4. The van der Waals surface area contributed by atoms with Crippen molar-refractivity contribution in [3.8, 4) is 5.75 Å². The highest BCUT2D eigenvalue weighted by Gasteiger charge is 2.16. The third-order valence-electron chi connectivity index (χ3n) is 4.94. The van der Waals surface area contributed by atoms with Crippen LogP contribution in [-0.2, 0) is 9.53 Å². The van der Waals surface area contributed by atoms with Gasteiger partial charge >= 0.3 is 0 Å². The number of carbonyl (C=O) groups excluding carboxylic acids is 2. The van der Waals surface area contributed by atoms with Gasteiger partial charge in [0.05, 0.1) is 18.8 Å². The molecule has 1 heterocycles. The summed E-state index contributed by atoms with van der Waals surface area (Å²) in [4.78, 5) is 29.3. The summed E-state index contributed by atoms with van der Waals surface area (Å²) in [6.07, 6.45) is 0. The summed E-state index contributed by atoms with van der Waals surface area (Å²) in [5.41, 5.74) is 1.83. The molecule has 0 spiro atoms. The van der Waals surface area contributed by atoms with E-state index in [1.54, 1.807) is 24.3 Å². The Morgan fingerprint density at radius 1 is 1.10 bits per heavy atom. The van der Waals surface area contributed by atoms with Gasteiger partial charge in [0, 0.05) is 51.6 Å². The van der Waals surface area contributed by atoms with Gasteiger partial charge in [0.25, 0.3) is 11.8 Å². The average molecular weight is 427 g/mol. The minimum absolute atomic E-state index is 0.111. The van der Waals surface area contributed by atoms with E-state index in [9.17, 15) is 9.59 Å². The highest BCUT2D eigenvalue weighted by molar-refractivity contribution is 6.02. The van der Waals surface area contributed by atoms with E-state index in [-0.39, 0.29) is 18.4 Å². The lowest BCUT2D eigenvalue weighted by Crippen LogP contribution is -2.41. The van der Waals surface area contributed by atoms with Crippen molar-refractivity contribution in [3.05, 3.63) is 54.1 Å². The fraction of sp³-hybridized carbons (Fsp3) is 0.391. The number of anilines is 2. The van der Waals surface area contributed by atoms with E-state index in [4.69, 9.17) is 9.47 Å². The monoisotopic (exact) mass is 426 g/mol. The van der Waals surface area contributed by atoms with Crippen molar-refractivity contribution < 1.29 is 19.1 Å². The Hall–Kier alpha value is -3.10. The maximum atomic E-state index is 12.8. The SMILES string of the molecule is CN(C)c1ccc(NC(=O)COc2ccccc2)cc1C(=O)NCCN1CCOCC1. The number of amides is 2. The number of nitrogens with one attached hydrogen (secondary N) is 2. The Labute approximate surface area is 183 Å². The van der Waals surface area contributed by atoms with E-state index in [2.05, 4.69) is 15.5 Å². The highest BCUT2D eigenvalue weighted by Crippen LogP contribution is 2.23. The van der Waals surface area contributed by atoms with Crippen LogP contribution in [0.15, 0.2) is 48.5 Å². The number of para-hydroxylation sites is 1. The smallest absolute Gasteiger partial charge is 0.262 e. The first-order chi connectivity index (χ1) is 15.0. The third-order valence-corrected chi connectivity index (χ3v) is 4.94. The Balaban J connectivity index is 1.58. The van der Waals surface area contributed by atoms with E-state index in [1.165, 1.54) is 0 Å². The van der Waals surface area contributed by atoms with Gasteiger partial charge in [0.1, 0.15) is 5.75 Å². The van der Waals surface area contributed by atoms with Crippen molar-refractivity contribution in [1.82, 2.24) is 10.2 Å². The largest absolute Gasteiger partial charge is 0.484 e. The fourth-order valence-electron chi connectivity index (χ4n) is 3.30. The molecule has 1 saturated heterocycles. The first-order valence-corrected chi connectivity index (χ1v) is 10.4. The zero-order valence-electron chi connectivity index (χ0n) is 18.1. The zero-order chi connectivity index (χ0) is 22.1. The van der Waals surface area contributed by atoms with Gasteiger partial charge in [0.2, 0.25) is 0 Å². The second kappa shape index (κ2) is 11.3. The molecule has 1 aliphatic rings. The lowest BCUT2D eigenvalue weighted by molar-refractivity contribution is -0.118. The van der Waals surface area contributed by atoms with Gasteiger partial charge in [0.15, 0.2) is 6.61 Å². The van der Waals surface area contributed by atoms with Gasteiger partial charge in [-0.1, -0.05) is 18.2 Å². The van der Waals surface area contributed by atoms with Gasteiger partial charge in [-0.15, -0.1) is 0 Å². The fourth-order valence-corrected chi connectivity index (χ4v) is 3.30. The zero-order valence-corrected chi connectivity index (χ0v) is 18.1. The van der Waals surface area contributed by atoms with Crippen molar-refractivity contribution in [2.45, 2.75) is 0 Å². The molecule has 2 N–H and O–H groups in total. The van der Waals surface area contributed by atoms with Gasteiger partial charge in [-0.2, -0.15) is 0 Å². The average Bonchev–Trinajstić information content (AvgIpc) is 2.79. The van der Waals surface area contributed by atoms with Crippen molar-refractivity contribution in [1.29, 1.82) is 0 Å². The number of carbonyl (C=O) groups is 2. The van der Waals surface area contributed by atoms with Crippen LogP contribution in [0, 0.1) is 0 Å². The second-order valence-electron chi connectivity index (χ2n) is 7.49. The number of hydrogen-bond donors (Lipinski definition) is 2. The van der Waals surface area contributed by atoms with Crippen molar-refractivity contribution >= 4 is 23.2 Å². The van der Waals surface area contributed by atoms with Crippen molar-refractivity contribution in [2.24, 2.45) is 0 Å². The minimum atomic E-state index is -0.292. The molecule has 8 heteroatoms. The molecule has 0 unspecified atom stereocenters. The predicted molar refractivity (Wildman–Crippen MR) is 121 cm³/mol. The molecule has 0 atom stereocenters. The number of morpholine rings is 1. The van der Waals surface area contributed by atoms with Crippen LogP contribution in [0.4, 0.5) is 11.4 Å². The number of hydrogen-bond acceptors (Lipinski definition) is 6. The Morgan fingerprint density at radius 3 is 2.55 bits per heavy atom. The summed E-state index contributed by atoms with van der Waals surface area (Å²) in [5, 5.41) is 5.78. The van der Waals surface area contributed by atoms with Gasteiger partial charge in [-0.25, -0.2) is 0 Å². The van der Waals surface area contributed by atoms with E-state index in [0.29, 0.717) is 23.5 Å². The molecule has 0 saturated carbocycles. The van der Waals surface area contributed by atoms with E-state index >= 15 is 0 Å². The lowest BCUT2D eigenvalue weighted by Gasteiger charge is -2.26. The van der Waals surface area contributed by atoms with Crippen LogP contribution in [0.2, 0.25) is 0 Å². The molecule has 1 aliphatic heterocycles. The molecule has 0 aliphatic carbocycles. The Bertz CT molecular complexity index is 867. The third kappa shape index (κ3) is 6.97.